The second-order valence-electron chi connectivity index (χ2n) is 3.47. The maximum atomic E-state index is 13.6. The molecule has 0 radical (unpaired) electrons. The van der Waals surface area contributed by atoms with Crippen LogP contribution in [0.3, 0.4) is 0 Å². The molecule has 11 heteroatoms. The fourth-order valence-corrected chi connectivity index (χ4v) is 2.23. The minimum Gasteiger partial charge on any atom is -0.250 e. The predicted molar refractivity (Wildman–Crippen MR) is 54.1 cm³/mol. The van der Waals surface area contributed by atoms with Gasteiger partial charge in [-0.15, -0.1) is 0 Å². The maximum absolute atomic E-state index is 13.6. The molecule has 0 aliphatic rings. The molecule has 0 N–H and O–H groups in total. The highest BCUT2D eigenvalue weighted by Crippen LogP contribution is 2.51. The fraction of sp³-hybridized carbons (Fsp3) is 1.00. The third-order valence-corrected chi connectivity index (χ3v) is 4.19. The van der Waals surface area contributed by atoms with Crippen LogP contribution in [0.4, 0.5) is 26.3 Å². The normalized spacial score (nSPS) is 17.6. The van der Waals surface area contributed by atoms with E-state index in [-0.39, 0.29) is 6.42 Å². The molecule has 0 aromatic carbocycles. The van der Waals surface area contributed by atoms with Gasteiger partial charge in [0.15, 0.2) is 0 Å². The molecule has 0 amide bonds. The summed E-state index contributed by atoms with van der Waals surface area (Å²) in [4.78, 5) is 0. The Kier molecular flexibility index (Phi) is 5.48. The molecule has 0 fully saturated rings. The summed E-state index contributed by atoms with van der Waals surface area (Å²) >= 11 is 0. The van der Waals surface area contributed by atoms with E-state index in [1.807, 2.05) is 0 Å². The summed E-state index contributed by atoms with van der Waals surface area (Å²) in [5.41, 5.74) is -5.19. The number of rotatable bonds is 6. The Labute approximate surface area is 102 Å². The van der Waals surface area contributed by atoms with Gasteiger partial charge in [-0.1, -0.05) is 13.3 Å². The highest BCUT2D eigenvalue weighted by Gasteiger charge is 2.76. The van der Waals surface area contributed by atoms with Crippen LogP contribution >= 0.6 is 9.47 Å². The Morgan fingerprint density at radius 1 is 1.11 bits per heavy atom. The smallest absolute Gasteiger partial charge is 0.250 e. The van der Waals surface area contributed by atoms with Crippen molar-refractivity contribution in [3.63, 3.8) is 0 Å². The van der Waals surface area contributed by atoms with E-state index in [0.717, 1.165) is 9.47 Å². The van der Waals surface area contributed by atoms with E-state index in [2.05, 4.69) is 3.97 Å². The van der Waals surface area contributed by atoms with Crippen LogP contribution in [0.15, 0.2) is 0 Å². The van der Waals surface area contributed by atoms with E-state index in [0.29, 0.717) is 0 Å². The van der Waals surface area contributed by atoms with Crippen molar-refractivity contribution in [1.82, 2.24) is 0 Å². The molecule has 0 aliphatic heterocycles. The summed E-state index contributed by atoms with van der Waals surface area (Å²) in [5.74, 6) is 0. The third kappa shape index (κ3) is 2.91. The van der Waals surface area contributed by atoms with E-state index in [1.54, 1.807) is 0 Å². The molecule has 0 spiro atoms. The third-order valence-electron chi connectivity index (χ3n) is 2.23. The highest BCUT2D eigenvalue weighted by molar-refractivity contribution is 7.89. The van der Waals surface area contributed by atoms with Crippen molar-refractivity contribution in [1.29, 1.82) is 0 Å². The van der Waals surface area contributed by atoms with Crippen LogP contribution in [-0.2, 0) is 14.1 Å². The van der Waals surface area contributed by atoms with Gasteiger partial charge in [0.25, 0.3) is 5.67 Å². The van der Waals surface area contributed by atoms with Crippen molar-refractivity contribution in [2.75, 3.05) is 0 Å². The van der Waals surface area contributed by atoms with Crippen molar-refractivity contribution in [2.45, 2.75) is 43.3 Å². The Bertz CT molecular complexity index is 381. The van der Waals surface area contributed by atoms with Crippen LogP contribution in [0.2, 0.25) is 0 Å². The molecule has 2 atom stereocenters. The van der Waals surface area contributed by atoms with Gasteiger partial charge in [-0.3, -0.25) is 0 Å². The van der Waals surface area contributed by atoms with Gasteiger partial charge < -0.3 is 0 Å². The minimum absolute atomic E-state index is 0.0143. The van der Waals surface area contributed by atoms with Gasteiger partial charge in [-0.05, 0) is 12.8 Å². The molecule has 0 aliphatic carbocycles. The first-order chi connectivity index (χ1) is 7.87. The van der Waals surface area contributed by atoms with E-state index >= 15 is 0 Å². The number of alkyl halides is 6. The molecule has 2 unspecified atom stereocenters. The Morgan fingerprint density at radius 2 is 1.56 bits per heavy atom. The molecule has 0 aromatic rings. The molecule has 0 saturated carbocycles. The lowest BCUT2D eigenvalue weighted by Gasteiger charge is -2.33. The highest BCUT2D eigenvalue weighted by atomic mass is 32.2. The van der Waals surface area contributed by atoms with Gasteiger partial charge in [0.05, 0.1) is 0 Å². The zero-order valence-electron chi connectivity index (χ0n) is 9.10. The van der Waals surface area contributed by atoms with Gasteiger partial charge in [-0.25, -0.2) is 8.36 Å². The molecular formula is C7H11F6O3PS. The van der Waals surface area contributed by atoms with Gasteiger partial charge in [0, 0.05) is 9.47 Å². The molecule has 110 valence electrons. The van der Waals surface area contributed by atoms with Crippen molar-refractivity contribution >= 4 is 19.6 Å². The lowest BCUT2D eigenvalue weighted by atomic mass is 9.98. The van der Waals surface area contributed by atoms with Gasteiger partial charge in [0.1, 0.15) is 0 Å². The quantitative estimate of drug-likeness (QED) is 0.558. The van der Waals surface area contributed by atoms with Crippen LogP contribution in [0, 0.1) is 0 Å². The summed E-state index contributed by atoms with van der Waals surface area (Å²) in [5, 5.41) is -5.73. The molecule has 0 aromatic heterocycles. The monoisotopic (exact) mass is 320 g/mol. The summed E-state index contributed by atoms with van der Waals surface area (Å²) < 4.78 is 102. The van der Waals surface area contributed by atoms with Gasteiger partial charge in [-0.2, -0.15) is 30.4 Å². The summed E-state index contributed by atoms with van der Waals surface area (Å²) in [7, 11) is -5.18. The molecule has 0 rings (SSSR count). The van der Waals surface area contributed by atoms with E-state index in [9.17, 15) is 34.8 Å². The number of hydrogen-bond donors (Lipinski definition) is 0. The average molecular weight is 320 g/mol. The molecule has 0 bridgehead atoms. The molecule has 18 heavy (non-hydrogen) atoms. The van der Waals surface area contributed by atoms with Crippen LogP contribution < -0.4 is 0 Å². The van der Waals surface area contributed by atoms with E-state index < -0.39 is 40.1 Å². The second kappa shape index (κ2) is 5.50. The van der Waals surface area contributed by atoms with Gasteiger partial charge >= 0.3 is 21.5 Å². The van der Waals surface area contributed by atoms with Crippen molar-refractivity contribution < 1.29 is 38.7 Å². The Hall–Kier alpha value is -0.0800. The molecule has 0 heterocycles. The zero-order chi connectivity index (χ0) is 14.8. The van der Waals surface area contributed by atoms with E-state index in [1.165, 1.54) is 6.92 Å². The topological polar surface area (TPSA) is 43.4 Å². The first-order valence-electron chi connectivity index (χ1n) is 4.63. The lowest BCUT2D eigenvalue weighted by Crippen LogP contribution is -2.58. The summed E-state index contributed by atoms with van der Waals surface area (Å²) in [6, 6.07) is 0. The summed E-state index contributed by atoms with van der Waals surface area (Å²) in [6.45, 7) is 1.34. The Morgan fingerprint density at radius 3 is 1.83 bits per heavy atom. The largest absolute Gasteiger partial charge is 0.429 e. The first kappa shape index (κ1) is 17.9. The molecule has 0 saturated heterocycles. The lowest BCUT2D eigenvalue weighted by molar-refractivity contribution is -0.282. The fourth-order valence-electron chi connectivity index (χ4n) is 1.13. The maximum Gasteiger partial charge on any atom is 0.429 e. The molecular weight excluding hydrogens is 309 g/mol. The second-order valence-corrected chi connectivity index (χ2v) is 5.66. The van der Waals surface area contributed by atoms with Crippen molar-refractivity contribution in [3.8, 4) is 0 Å². The van der Waals surface area contributed by atoms with Crippen LogP contribution in [0.5, 0.6) is 0 Å². The average Bonchev–Trinajstić information content (AvgIpc) is 2.23. The first-order valence-corrected chi connectivity index (χ1v) is 6.51. The minimum atomic E-state index is -6.04. The van der Waals surface area contributed by atoms with Crippen LogP contribution in [0.1, 0.15) is 26.2 Å². The standard InChI is InChI=1S/C7H11F6O3PS/c1-2-3-4-5(8,6(9,10)11)7(12,13)18(14,15)16-17/h2-4,17H2,1H3. The molecule has 3 nitrogen and oxygen atoms in total. The van der Waals surface area contributed by atoms with Gasteiger partial charge in [0.2, 0.25) is 0 Å². The van der Waals surface area contributed by atoms with Crippen LogP contribution in [0.25, 0.3) is 0 Å². The zero-order valence-corrected chi connectivity index (χ0v) is 11.1. The number of halogens is 6. The number of unbranched alkanes of at least 4 members (excludes halogenated alkanes) is 1. The van der Waals surface area contributed by atoms with Crippen molar-refractivity contribution in [3.05, 3.63) is 0 Å². The Balaban J connectivity index is 5.74. The SMILES string of the molecule is CCCCC(F)(C(F)(F)F)C(F)(F)S(=O)(=O)OP. The summed E-state index contributed by atoms with van der Waals surface area (Å²) in [6.07, 6.45) is -8.28. The van der Waals surface area contributed by atoms with Crippen LogP contribution in [-0.4, -0.2) is 25.5 Å². The predicted octanol–water partition coefficient (Wildman–Crippen LogP) is 3.18. The van der Waals surface area contributed by atoms with Crippen molar-refractivity contribution in [2.24, 2.45) is 0 Å². The number of hydrogen-bond acceptors (Lipinski definition) is 3. The van der Waals surface area contributed by atoms with E-state index in [4.69, 9.17) is 0 Å².